The van der Waals surface area contributed by atoms with Gasteiger partial charge >= 0.3 is 0 Å². The highest BCUT2D eigenvalue weighted by Crippen LogP contribution is 2.28. The van der Waals surface area contributed by atoms with Crippen LogP contribution in [0, 0.1) is 6.92 Å². The highest BCUT2D eigenvalue weighted by atomic mass is 32.1. The lowest BCUT2D eigenvalue weighted by atomic mass is 9.93. The van der Waals surface area contributed by atoms with Crippen molar-refractivity contribution < 1.29 is 9.59 Å². The van der Waals surface area contributed by atoms with E-state index in [1.54, 1.807) is 6.07 Å². The van der Waals surface area contributed by atoms with Gasteiger partial charge in [0.05, 0.1) is 4.88 Å². The zero-order valence-electron chi connectivity index (χ0n) is 12.3. The number of nitrogens with zero attached hydrogens (tertiary/aromatic N) is 2. The molecule has 3 heterocycles. The summed E-state index contributed by atoms with van der Waals surface area (Å²) in [7, 11) is 0. The van der Waals surface area contributed by atoms with Gasteiger partial charge in [-0.3, -0.25) is 14.7 Å². The van der Waals surface area contributed by atoms with E-state index in [1.807, 2.05) is 23.3 Å². The van der Waals surface area contributed by atoms with Crippen molar-refractivity contribution in [1.82, 2.24) is 15.1 Å². The Kier molecular flexibility index (Phi) is 3.98. The van der Waals surface area contributed by atoms with Crippen LogP contribution in [0.5, 0.6) is 0 Å². The minimum absolute atomic E-state index is 0.110. The van der Waals surface area contributed by atoms with Crippen molar-refractivity contribution >= 4 is 23.2 Å². The summed E-state index contributed by atoms with van der Waals surface area (Å²) in [6, 6.07) is 3.65. The Labute approximate surface area is 132 Å². The van der Waals surface area contributed by atoms with Gasteiger partial charge < -0.3 is 10.6 Å². The molecule has 0 bridgehead atoms. The Morgan fingerprint density at radius 3 is 2.64 bits per heavy atom. The van der Waals surface area contributed by atoms with Crippen LogP contribution in [-0.2, 0) is 0 Å². The van der Waals surface area contributed by atoms with E-state index in [1.165, 1.54) is 11.3 Å². The second-order valence-electron chi connectivity index (χ2n) is 5.63. The normalized spacial score (nSPS) is 16.0. The fraction of sp³-hybridized carbons (Fsp3) is 0.400. The number of amides is 2. The molecule has 0 atom stereocenters. The molecule has 6 nitrogen and oxygen atoms in total. The number of nitrogens with two attached hydrogens (primary N) is 1. The minimum Gasteiger partial charge on any atom is -0.364 e. The maximum absolute atomic E-state index is 12.4. The van der Waals surface area contributed by atoms with Gasteiger partial charge in [-0.15, -0.1) is 11.3 Å². The first-order valence-corrected chi connectivity index (χ1v) is 8.12. The number of aromatic nitrogens is 2. The molecule has 0 spiro atoms. The van der Waals surface area contributed by atoms with E-state index in [0.717, 1.165) is 29.0 Å². The molecule has 1 fully saturated rings. The highest BCUT2D eigenvalue weighted by Gasteiger charge is 2.26. The van der Waals surface area contributed by atoms with E-state index in [9.17, 15) is 9.59 Å². The van der Waals surface area contributed by atoms with Crippen LogP contribution in [0.4, 0.5) is 0 Å². The van der Waals surface area contributed by atoms with Gasteiger partial charge in [-0.05, 0) is 42.8 Å². The molecule has 2 aromatic rings. The number of rotatable bonds is 3. The molecule has 1 aliphatic rings. The van der Waals surface area contributed by atoms with Gasteiger partial charge in [0.15, 0.2) is 0 Å². The number of likely N-dealkylation sites (tertiary alicyclic amines) is 1. The molecule has 7 heteroatoms. The van der Waals surface area contributed by atoms with Gasteiger partial charge in [-0.25, -0.2) is 0 Å². The fourth-order valence-corrected chi connectivity index (χ4v) is 3.63. The first kappa shape index (κ1) is 14.8. The molecule has 1 aliphatic heterocycles. The van der Waals surface area contributed by atoms with Crippen molar-refractivity contribution in [1.29, 1.82) is 0 Å². The SMILES string of the molecule is Cc1csc(C(=O)N2CCC(c3cc(C(N)=O)n[nH]3)CC2)c1. The van der Waals surface area contributed by atoms with Crippen LogP contribution < -0.4 is 5.73 Å². The number of carbonyl (C=O) groups is 2. The van der Waals surface area contributed by atoms with Crippen molar-refractivity contribution in [3.05, 3.63) is 39.3 Å². The van der Waals surface area contributed by atoms with Crippen LogP contribution in [0.3, 0.4) is 0 Å². The molecule has 3 rings (SSSR count). The van der Waals surface area contributed by atoms with Gasteiger partial charge in [0.1, 0.15) is 5.69 Å². The molecule has 0 unspecified atom stereocenters. The van der Waals surface area contributed by atoms with Crippen molar-refractivity contribution in [2.75, 3.05) is 13.1 Å². The summed E-state index contributed by atoms with van der Waals surface area (Å²) in [5, 5.41) is 8.80. The summed E-state index contributed by atoms with van der Waals surface area (Å²) < 4.78 is 0. The lowest BCUT2D eigenvalue weighted by Gasteiger charge is -2.31. The number of piperidine rings is 1. The van der Waals surface area contributed by atoms with Gasteiger partial charge in [0, 0.05) is 24.7 Å². The number of nitrogens with one attached hydrogen (secondary N) is 1. The lowest BCUT2D eigenvalue weighted by Crippen LogP contribution is -2.37. The van der Waals surface area contributed by atoms with Gasteiger partial charge in [-0.2, -0.15) is 5.10 Å². The zero-order valence-corrected chi connectivity index (χ0v) is 13.2. The summed E-state index contributed by atoms with van der Waals surface area (Å²) in [5.41, 5.74) is 7.53. The summed E-state index contributed by atoms with van der Waals surface area (Å²) in [6.07, 6.45) is 1.72. The molecule has 3 N–H and O–H groups in total. The molecule has 0 aliphatic carbocycles. The third-order valence-corrected chi connectivity index (χ3v) is 5.05. The topological polar surface area (TPSA) is 92.1 Å². The average Bonchev–Trinajstić information content (AvgIpc) is 3.16. The van der Waals surface area contributed by atoms with Crippen LogP contribution in [0.1, 0.15) is 50.2 Å². The summed E-state index contributed by atoms with van der Waals surface area (Å²) >= 11 is 1.50. The first-order valence-electron chi connectivity index (χ1n) is 7.24. The maximum Gasteiger partial charge on any atom is 0.269 e. The van der Waals surface area contributed by atoms with Crippen LogP contribution in [0.2, 0.25) is 0 Å². The van der Waals surface area contributed by atoms with Crippen LogP contribution >= 0.6 is 11.3 Å². The molecular weight excluding hydrogens is 300 g/mol. The fourth-order valence-electron chi connectivity index (χ4n) is 2.76. The van der Waals surface area contributed by atoms with E-state index in [-0.39, 0.29) is 17.5 Å². The number of thiophene rings is 1. The molecule has 22 heavy (non-hydrogen) atoms. The van der Waals surface area contributed by atoms with Crippen LogP contribution in [0.25, 0.3) is 0 Å². The number of primary amides is 1. The molecular formula is C15H18N4O2S. The number of carbonyl (C=O) groups excluding carboxylic acids is 2. The molecule has 116 valence electrons. The largest absolute Gasteiger partial charge is 0.364 e. The van der Waals surface area contributed by atoms with Crippen LogP contribution in [0.15, 0.2) is 17.5 Å². The third-order valence-electron chi connectivity index (χ3n) is 4.01. The Balaban J connectivity index is 1.62. The number of hydrogen-bond donors (Lipinski definition) is 2. The van der Waals surface area contributed by atoms with Crippen molar-refractivity contribution in [3.63, 3.8) is 0 Å². The predicted molar refractivity (Wildman–Crippen MR) is 84.0 cm³/mol. The summed E-state index contributed by atoms with van der Waals surface area (Å²) in [6.45, 7) is 3.42. The molecule has 2 aromatic heterocycles. The Morgan fingerprint density at radius 1 is 1.36 bits per heavy atom. The molecule has 0 saturated carbocycles. The van der Waals surface area contributed by atoms with E-state index >= 15 is 0 Å². The van der Waals surface area contributed by atoms with E-state index in [0.29, 0.717) is 13.1 Å². The predicted octanol–water partition coefficient (Wildman–Crippen LogP) is 1.90. The van der Waals surface area contributed by atoms with Gasteiger partial charge in [0.2, 0.25) is 0 Å². The summed E-state index contributed by atoms with van der Waals surface area (Å²) in [5.74, 6) is -0.128. The quantitative estimate of drug-likeness (QED) is 0.905. The Hall–Kier alpha value is -2.15. The van der Waals surface area contributed by atoms with Crippen molar-refractivity contribution in [2.45, 2.75) is 25.7 Å². The molecule has 2 amide bonds. The number of aromatic amines is 1. The van der Waals surface area contributed by atoms with E-state index < -0.39 is 5.91 Å². The van der Waals surface area contributed by atoms with Crippen LogP contribution in [-0.4, -0.2) is 40.0 Å². The number of aryl methyl sites for hydroxylation is 1. The lowest BCUT2D eigenvalue weighted by molar-refractivity contribution is 0.0717. The Bertz CT molecular complexity index is 698. The van der Waals surface area contributed by atoms with E-state index in [4.69, 9.17) is 5.73 Å². The van der Waals surface area contributed by atoms with Crippen molar-refractivity contribution in [3.8, 4) is 0 Å². The van der Waals surface area contributed by atoms with Gasteiger partial charge in [0.25, 0.3) is 11.8 Å². The molecule has 0 aromatic carbocycles. The molecule has 1 saturated heterocycles. The molecule has 0 radical (unpaired) electrons. The van der Waals surface area contributed by atoms with Gasteiger partial charge in [-0.1, -0.05) is 0 Å². The summed E-state index contributed by atoms with van der Waals surface area (Å²) in [4.78, 5) is 26.2. The average molecular weight is 318 g/mol. The standard InChI is InChI=1S/C15H18N4O2S/c1-9-6-13(22-8-9)15(21)19-4-2-10(3-5-19)11-7-12(14(16)20)18-17-11/h6-8,10H,2-5H2,1H3,(H2,16,20)(H,17,18). The second kappa shape index (κ2) is 5.92. The number of hydrogen-bond acceptors (Lipinski definition) is 4. The highest BCUT2D eigenvalue weighted by molar-refractivity contribution is 7.12. The maximum atomic E-state index is 12.4. The van der Waals surface area contributed by atoms with Crippen molar-refractivity contribution in [2.24, 2.45) is 5.73 Å². The number of H-pyrrole nitrogens is 1. The zero-order chi connectivity index (χ0) is 15.7. The second-order valence-corrected chi connectivity index (χ2v) is 6.54. The Morgan fingerprint density at radius 2 is 2.09 bits per heavy atom. The first-order chi connectivity index (χ1) is 10.5. The van der Waals surface area contributed by atoms with E-state index in [2.05, 4.69) is 10.2 Å². The smallest absolute Gasteiger partial charge is 0.269 e. The minimum atomic E-state index is -0.525. The monoisotopic (exact) mass is 318 g/mol. The third kappa shape index (κ3) is 2.89.